The van der Waals surface area contributed by atoms with Crippen LogP contribution in [0.5, 0.6) is 0 Å². The Labute approximate surface area is 188 Å². The fourth-order valence-electron chi connectivity index (χ4n) is 4.53. The van der Waals surface area contributed by atoms with Gasteiger partial charge in [0.1, 0.15) is 12.4 Å². The van der Waals surface area contributed by atoms with Gasteiger partial charge in [0.25, 0.3) is 5.92 Å². The lowest BCUT2D eigenvalue weighted by Gasteiger charge is -2.47. The number of anilines is 2. The molecular weight excluding hydrogens is 435 g/mol. The summed E-state index contributed by atoms with van der Waals surface area (Å²) in [5.74, 6) is -4.35. The Hall–Kier alpha value is -2.98. The molecule has 0 radical (unpaired) electrons. The molecule has 2 bridgehead atoms. The first-order valence-corrected chi connectivity index (χ1v) is 10.8. The van der Waals surface area contributed by atoms with Crippen molar-refractivity contribution >= 4 is 22.4 Å². The zero-order valence-corrected chi connectivity index (χ0v) is 18.2. The highest BCUT2D eigenvalue weighted by Gasteiger charge is 2.38. The maximum atomic E-state index is 14.9. The molecule has 0 amide bonds. The molecule has 2 unspecified atom stereocenters. The predicted molar refractivity (Wildman–Crippen MR) is 117 cm³/mol. The summed E-state index contributed by atoms with van der Waals surface area (Å²) >= 11 is 0. The summed E-state index contributed by atoms with van der Waals surface area (Å²) < 4.78 is 48.6. The fourth-order valence-corrected chi connectivity index (χ4v) is 4.53. The van der Waals surface area contributed by atoms with Crippen LogP contribution in [0.25, 0.3) is 10.9 Å². The molecule has 0 aliphatic carbocycles. The zero-order valence-electron chi connectivity index (χ0n) is 18.2. The van der Waals surface area contributed by atoms with Gasteiger partial charge in [0, 0.05) is 30.5 Å². The Morgan fingerprint density at radius 3 is 2.70 bits per heavy atom. The van der Waals surface area contributed by atoms with Gasteiger partial charge in [0.15, 0.2) is 5.82 Å². The number of ether oxygens (including phenoxy) is 1. The van der Waals surface area contributed by atoms with E-state index in [4.69, 9.17) is 9.84 Å². The van der Waals surface area contributed by atoms with Gasteiger partial charge < -0.3 is 20.1 Å². The van der Waals surface area contributed by atoms with Crippen LogP contribution in [0.3, 0.4) is 0 Å². The number of piperidine rings is 1. The zero-order chi connectivity index (χ0) is 23.3. The third kappa shape index (κ3) is 3.87. The summed E-state index contributed by atoms with van der Waals surface area (Å²) in [6.45, 7) is 3.56. The van der Waals surface area contributed by atoms with E-state index in [-0.39, 0.29) is 17.8 Å². The van der Waals surface area contributed by atoms with Gasteiger partial charge in [-0.15, -0.1) is 5.10 Å². The third-order valence-electron chi connectivity index (χ3n) is 6.34. The molecule has 3 aromatic rings. The average molecular weight is 459 g/mol. The molecule has 7 nitrogen and oxygen atoms in total. The topological polar surface area (TPSA) is 83.4 Å². The van der Waals surface area contributed by atoms with Crippen LogP contribution < -0.4 is 10.2 Å². The van der Waals surface area contributed by atoms with Crippen molar-refractivity contribution in [2.45, 2.75) is 44.4 Å². The van der Waals surface area contributed by atoms with Crippen LogP contribution in [-0.4, -0.2) is 52.2 Å². The highest BCUT2D eigenvalue weighted by molar-refractivity contribution is 5.92. The largest absolute Gasteiger partial charge is 0.390 e. The van der Waals surface area contributed by atoms with E-state index in [0.29, 0.717) is 22.4 Å². The number of aliphatic hydroxyl groups excluding tert-OH is 1. The van der Waals surface area contributed by atoms with Gasteiger partial charge >= 0.3 is 0 Å². The fraction of sp³-hybridized carbons (Fsp3) is 0.435. The van der Waals surface area contributed by atoms with E-state index in [1.54, 1.807) is 20.0 Å². The third-order valence-corrected chi connectivity index (χ3v) is 6.34. The molecule has 3 aliphatic rings. The summed E-state index contributed by atoms with van der Waals surface area (Å²) in [6, 6.07) is 5.02. The number of morpholine rings is 1. The normalized spacial score (nSPS) is 21.1. The monoisotopic (exact) mass is 459 g/mol. The molecule has 5 heterocycles. The Balaban J connectivity index is 1.48. The van der Waals surface area contributed by atoms with Crippen molar-refractivity contribution in [3.8, 4) is 0 Å². The first kappa shape index (κ1) is 21.8. The second-order valence-corrected chi connectivity index (χ2v) is 8.68. The van der Waals surface area contributed by atoms with E-state index in [1.807, 2.05) is 6.07 Å². The van der Waals surface area contributed by atoms with Gasteiger partial charge in [0.2, 0.25) is 0 Å². The quantitative estimate of drug-likeness (QED) is 0.582. The van der Waals surface area contributed by atoms with Crippen molar-refractivity contribution in [2.24, 2.45) is 0 Å². The van der Waals surface area contributed by atoms with Crippen molar-refractivity contribution in [1.29, 1.82) is 0 Å². The maximum absolute atomic E-state index is 14.9. The summed E-state index contributed by atoms with van der Waals surface area (Å²) in [4.78, 5) is 6.81. The van der Waals surface area contributed by atoms with E-state index < -0.39 is 30.0 Å². The Morgan fingerprint density at radius 1 is 1.27 bits per heavy atom. The number of rotatable bonds is 6. The van der Waals surface area contributed by atoms with Crippen LogP contribution in [0.4, 0.5) is 24.7 Å². The van der Waals surface area contributed by atoms with E-state index in [9.17, 15) is 13.2 Å². The minimum Gasteiger partial charge on any atom is -0.390 e. The molecule has 1 aromatic carbocycles. The number of nitrogens with one attached hydrogen (secondary N) is 1. The number of hydrogen-bond donors (Lipinski definition) is 2. The first-order valence-electron chi connectivity index (χ1n) is 10.8. The molecule has 174 valence electrons. The molecule has 3 fully saturated rings. The van der Waals surface area contributed by atoms with Crippen LogP contribution in [0.15, 0.2) is 30.5 Å². The molecule has 0 saturated carbocycles. The molecule has 0 spiro atoms. The average Bonchev–Trinajstić information content (AvgIpc) is 2.80. The lowest BCUT2D eigenvalue weighted by Crippen LogP contribution is -2.57. The molecule has 10 heteroatoms. The summed E-state index contributed by atoms with van der Waals surface area (Å²) in [6.07, 6.45) is 3.35. The van der Waals surface area contributed by atoms with Crippen molar-refractivity contribution in [3.05, 3.63) is 53.1 Å². The molecule has 6 rings (SSSR count). The van der Waals surface area contributed by atoms with E-state index in [2.05, 4.69) is 25.4 Å². The van der Waals surface area contributed by atoms with Gasteiger partial charge in [-0.1, -0.05) is 12.1 Å². The van der Waals surface area contributed by atoms with E-state index in [0.717, 1.165) is 31.3 Å². The number of halogens is 3. The number of fused-ring (bicyclic) bond motifs is 3. The van der Waals surface area contributed by atoms with Gasteiger partial charge in [-0.05, 0) is 26.0 Å². The van der Waals surface area contributed by atoms with Crippen molar-refractivity contribution in [3.63, 3.8) is 0 Å². The predicted octanol–water partition coefficient (Wildman–Crippen LogP) is 3.71. The standard InChI is InChI=1S/C23H24F3N5O2/c1-12(17-4-3-5-19(20(17)24)23(25,26)11-32)28-22-18-6-14(8-27-21(18)13(2)29-30-22)31-9-15-7-16(10-31)33-15/h3-6,8,12,15-16,32H,7,9-11H2,1-2H3,(H,28,30)/t12-,15?,16?/m1/s1. The lowest BCUT2D eigenvalue weighted by molar-refractivity contribution is -0.133. The number of benzene rings is 1. The second-order valence-electron chi connectivity index (χ2n) is 8.68. The van der Waals surface area contributed by atoms with E-state index in [1.165, 1.54) is 12.1 Å². The first-order chi connectivity index (χ1) is 15.8. The molecular formula is C23H24F3N5O2. The highest BCUT2D eigenvalue weighted by Crippen LogP contribution is 2.35. The number of pyridine rings is 1. The Kier molecular flexibility index (Phi) is 5.37. The molecule has 33 heavy (non-hydrogen) atoms. The molecule has 3 atom stereocenters. The SMILES string of the molecule is Cc1nnc(N[C@H](C)c2cccc(C(F)(F)CO)c2F)c2cc(N3CC4CC(C3)O4)cnc12. The number of aryl methyl sites for hydroxylation is 1. The maximum Gasteiger partial charge on any atom is 0.298 e. The lowest BCUT2D eigenvalue weighted by atomic mass is 9.98. The van der Waals surface area contributed by atoms with Gasteiger partial charge in [-0.3, -0.25) is 4.98 Å². The molecule has 2 aromatic heterocycles. The number of nitrogens with zero attached hydrogens (tertiary/aromatic N) is 4. The summed E-state index contributed by atoms with van der Waals surface area (Å²) in [5, 5.41) is 21.2. The van der Waals surface area contributed by atoms with Gasteiger partial charge in [-0.25, -0.2) is 4.39 Å². The minimum absolute atomic E-state index is 0.0357. The van der Waals surface area contributed by atoms with Crippen molar-refractivity contribution in [2.75, 3.05) is 29.9 Å². The van der Waals surface area contributed by atoms with Crippen molar-refractivity contribution in [1.82, 2.24) is 15.2 Å². The highest BCUT2D eigenvalue weighted by atomic mass is 19.3. The van der Waals surface area contributed by atoms with Gasteiger partial charge in [-0.2, -0.15) is 13.9 Å². The number of alkyl halides is 2. The summed E-state index contributed by atoms with van der Waals surface area (Å²) in [7, 11) is 0. The van der Waals surface area contributed by atoms with Crippen LogP contribution in [0.1, 0.15) is 36.2 Å². The molecule has 2 N–H and O–H groups in total. The van der Waals surface area contributed by atoms with Crippen LogP contribution in [0, 0.1) is 12.7 Å². The number of aromatic nitrogens is 3. The van der Waals surface area contributed by atoms with Crippen molar-refractivity contribution < 1.29 is 23.0 Å². The van der Waals surface area contributed by atoms with Gasteiger partial charge in [0.05, 0.1) is 46.9 Å². The smallest absolute Gasteiger partial charge is 0.298 e. The minimum atomic E-state index is -3.67. The number of aliphatic hydroxyl groups is 1. The molecule has 3 saturated heterocycles. The van der Waals surface area contributed by atoms with Crippen LogP contribution >= 0.6 is 0 Å². The molecule has 3 aliphatic heterocycles. The van der Waals surface area contributed by atoms with E-state index >= 15 is 0 Å². The van der Waals surface area contributed by atoms with Crippen LogP contribution in [-0.2, 0) is 10.7 Å². The summed E-state index contributed by atoms with van der Waals surface area (Å²) in [5.41, 5.74) is 1.43. The van der Waals surface area contributed by atoms with Crippen LogP contribution in [0.2, 0.25) is 0 Å². The Bertz CT molecular complexity index is 1190. The Morgan fingerprint density at radius 2 is 2.00 bits per heavy atom. The second kappa shape index (κ2) is 8.11. The number of hydrogen-bond acceptors (Lipinski definition) is 7.